The minimum Gasteiger partial charge on any atom is -0.384 e. The molecule has 2 aromatic heterocycles. The maximum atomic E-state index is 12.3. The first kappa shape index (κ1) is 19.8. The van der Waals surface area contributed by atoms with Gasteiger partial charge in [-0.2, -0.15) is 4.99 Å². The van der Waals surface area contributed by atoms with Crippen LogP contribution in [-0.2, 0) is 18.3 Å². The number of H-pyrrole nitrogens is 1. The van der Waals surface area contributed by atoms with Gasteiger partial charge in [0, 0.05) is 23.4 Å². The standard InChI is InChI=1S/C18H16BrN5O3S/c1-24-17(26)15-10(9-28-16(15)23-18(24)27)8-14(25)22-13(20)6-7-21-12-4-2-11(19)3-5-12/h2-7,9,21H,8H2,1H3,(H,23,27)(H2,20,22,25)/b7-6-. The van der Waals surface area contributed by atoms with Gasteiger partial charge in [-0.3, -0.25) is 19.1 Å². The number of hydrogen-bond acceptors (Lipinski definition) is 5. The van der Waals surface area contributed by atoms with Crippen LogP contribution in [0.1, 0.15) is 5.56 Å². The SMILES string of the molecule is Cn1c(=O)[nH]c2scc(CC(=O)N=C(N)/C=C\Nc3ccc(Br)cc3)c2c1=O. The summed E-state index contributed by atoms with van der Waals surface area (Å²) in [7, 11) is 1.38. The van der Waals surface area contributed by atoms with Crippen molar-refractivity contribution in [2.24, 2.45) is 17.8 Å². The van der Waals surface area contributed by atoms with Gasteiger partial charge < -0.3 is 11.1 Å². The molecular formula is C18H16BrN5O3S. The fourth-order valence-corrected chi connectivity index (χ4v) is 3.65. The molecule has 8 nitrogen and oxygen atoms in total. The number of aromatic amines is 1. The number of amides is 1. The molecule has 0 bridgehead atoms. The second-order valence-corrected chi connectivity index (χ2v) is 7.65. The molecule has 1 amide bonds. The zero-order valence-corrected chi connectivity index (χ0v) is 17.1. The van der Waals surface area contributed by atoms with Crippen LogP contribution >= 0.6 is 27.3 Å². The highest BCUT2D eigenvalue weighted by atomic mass is 79.9. The van der Waals surface area contributed by atoms with Crippen molar-refractivity contribution in [2.45, 2.75) is 6.42 Å². The first-order chi connectivity index (χ1) is 13.3. The topological polar surface area (TPSA) is 122 Å². The Kier molecular flexibility index (Phi) is 5.90. The first-order valence-electron chi connectivity index (χ1n) is 8.10. The third-order valence-corrected chi connectivity index (χ3v) is 5.33. The van der Waals surface area contributed by atoms with Crippen LogP contribution in [0.3, 0.4) is 0 Å². The molecular weight excluding hydrogens is 446 g/mol. The number of aliphatic imine (C=N–C) groups is 1. The van der Waals surface area contributed by atoms with E-state index in [1.165, 1.54) is 24.5 Å². The van der Waals surface area contributed by atoms with Crippen LogP contribution in [0.5, 0.6) is 0 Å². The van der Waals surface area contributed by atoms with Crippen LogP contribution in [0.4, 0.5) is 5.69 Å². The molecule has 0 aliphatic carbocycles. The quantitative estimate of drug-likeness (QED) is 0.396. The summed E-state index contributed by atoms with van der Waals surface area (Å²) >= 11 is 4.55. The highest BCUT2D eigenvalue weighted by Crippen LogP contribution is 2.20. The van der Waals surface area contributed by atoms with Gasteiger partial charge in [-0.05, 0) is 41.3 Å². The second kappa shape index (κ2) is 8.36. The van der Waals surface area contributed by atoms with Crippen molar-refractivity contribution in [3.63, 3.8) is 0 Å². The van der Waals surface area contributed by atoms with E-state index >= 15 is 0 Å². The van der Waals surface area contributed by atoms with E-state index in [2.05, 4.69) is 31.2 Å². The highest BCUT2D eigenvalue weighted by molar-refractivity contribution is 9.10. The third-order valence-electron chi connectivity index (χ3n) is 3.85. The van der Waals surface area contributed by atoms with Gasteiger partial charge in [-0.25, -0.2) is 4.79 Å². The van der Waals surface area contributed by atoms with E-state index < -0.39 is 17.2 Å². The number of rotatable bonds is 5. The number of anilines is 1. The maximum absolute atomic E-state index is 12.3. The molecule has 0 spiro atoms. The summed E-state index contributed by atoms with van der Waals surface area (Å²) in [4.78, 5) is 43.0. The van der Waals surface area contributed by atoms with Gasteiger partial charge in [0.05, 0.1) is 11.8 Å². The van der Waals surface area contributed by atoms with Crippen molar-refractivity contribution in [1.29, 1.82) is 0 Å². The molecule has 0 fully saturated rings. The van der Waals surface area contributed by atoms with Gasteiger partial charge in [0.2, 0.25) is 0 Å². The van der Waals surface area contributed by atoms with Crippen LogP contribution in [0.15, 0.2) is 61.0 Å². The minimum absolute atomic E-state index is 0.0375. The lowest BCUT2D eigenvalue weighted by molar-refractivity contribution is -0.117. The summed E-state index contributed by atoms with van der Waals surface area (Å²) in [5.41, 5.74) is 6.18. The van der Waals surface area contributed by atoms with Gasteiger partial charge in [-0.1, -0.05) is 15.9 Å². The average molecular weight is 462 g/mol. The second-order valence-electron chi connectivity index (χ2n) is 5.85. The molecule has 3 rings (SSSR count). The first-order valence-corrected chi connectivity index (χ1v) is 9.77. The summed E-state index contributed by atoms with van der Waals surface area (Å²) in [6.07, 6.45) is 2.97. The number of carbonyl (C=O) groups excluding carboxylic acids is 1. The van der Waals surface area contributed by atoms with Crippen LogP contribution in [0.25, 0.3) is 10.2 Å². The van der Waals surface area contributed by atoms with E-state index in [4.69, 9.17) is 5.73 Å². The Morgan fingerprint density at radius 1 is 1.36 bits per heavy atom. The van der Waals surface area contributed by atoms with Crippen molar-refractivity contribution < 1.29 is 4.79 Å². The Bertz CT molecular complexity index is 1200. The number of carbonyl (C=O) groups is 1. The van der Waals surface area contributed by atoms with E-state index in [1.54, 1.807) is 11.6 Å². The molecule has 1 aromatic carbocycles. The van der Waals surface area contributed by atoms with Crippen LogP contribution < -0.4 is 22.3 Å². The molecule has 0 unspecified atom stereocenters. The number of thiophene rings is 1. The molecule has 2 heterocycles. The van der Waals surface area contributed by atoms with Gasteiger partial charge in [0.1, 0.15) is 10.7 Å². The highest BCUT2D eigenvalue weighted by Gasteiger charge is 2.14. The summed E-state index contributed by atoms with van der Waals surface area (Å²) < 4.78 is 1.94. The largest absolute Gasteiger partial charge is 0.384 e. The molecule has 0 radical (unpaired) electrons. The molecule has 0 saturated heterocycles. The number of nitrogens with two attached hydrogens (primary N) is 1. The summed E-state index contributed by atoms with van der Waals surface area (Å²) in [5.74, 6) is -0.450. The fraction of sp³-hybridized carbons (Fsp3) is 0.111. The minimum atomic E-state index is -0.497. The number of hydrogen-bond donors (Lipinski definition) is 3. The van der Waals surface area contributed by atoms with Crippen molar-refractivity contribution >= 4 is 54.9 Å². The predicted octanol–water partition coefficient (Wildman–Crippen LogP) is 2.10. The van der Waals surface area contributed by atoms with E-state index in [0.29, 0.717) is 15.8 Å². The number of nitrogens with one attached hydrogen (secondary N) is 2. The summed E-state index contributed by atoms with van der Waals surface area (Å²) in [6.45, 7) is 0. The van der Waals surface area contributed by atoms with Crippen molar-refractivity contribution in [2.75, 3.05) is 5.32 Å². The summed E-state index contributed by atoms with van der Waals surface area (Å²) in [5, 5.41) is 5.00. The van der Waals surface area contributed by atoms with E-state index in [0.717, 1.165) is 14.7 Å². The van der Waals surface area contributed by atoms with Crippen molar-refractivity contribution in [1.82, 2.24) is 9.55 Å². The normalized spacial score (nSPS) is 12.0. The monoisotopic (exact) mass is 461 g/mol. The number of halogens is 1. The van der Waals surface area contributed by atoms with E-state index in [1.807, 2.05) is 24.3 Å². The predicted molar refractivity (Wildman–Crippen MR) is 115 cm³/mol. The fourth-order valence-electron chi connectivity index (χ4n) is 2.44. The average Bonchev–Trinajstić information content (AvgIpc) is 3.03. The number of nitrogens with zero attached hydrogens (tertiary/aromatic N) is 2. The zero-order chi connectivity index (χ0) is 20.3. The maximum Gasteiger partial charge on any atom is 0.329 e. The van der Waals surface area contributed by atoms with Gasteiger partial charge in [0.25, 0.3) is 11.5 Å². The van der Waals surface area contributed by atoms with Gasteiger partial charge >= 0.3 is 5.69 Å². The van der Waals surface area contributed by atoms with Crippen LogP contribution in [0.2, 0.25) is 0 Å². The lowest BCUT2D eigenvalue weighted by atomic mass is 10.2. The van der Waals surface area contributed by atoms with E-state index in [9.17, 15) is 14.4 Å². The zero-order valence-electron chi connectivity index (χ0n) is 14.7. The Hall–Kier alpha value is -2.98. The molecule has 4 N–H and O–H groups in total. The van der Waals surface area contributed by atoms with Crippen LogP contribution in [-0.4, -0.2) is 21.3 Å². The number of fused-ring (bicyclic) bond motifs is 1. The van der Waals surface area contributed by atoms with Crippen molar-refractivity contribution in [3.05, 3.63) is 72.8 Å². The molecule has 0 atom stereocenters. The lowest BCUT2D eigenvalue weighted by Gasteiger charge is -2.00. The number of benzene rings is 1. The Morgan fingerprint density at radius 3 is 2.79 bits per heavy atom. The lowest BCUT2D eigenvalue weighted by Crippen LogP contribution is -2.32. The Labute approximate surface area is 171 Å². The number of amidine groups is 1. The smallest absolute Gasteiger partial charge is 0.329 e. The van der Waals surface area contributed by atoms with Gasteiger partial charge in [-0.15, -0.1) is 11.3 Å². The molecule has 144 valence electrons. The molecule has 0 saturated carbocycles. The Morgan fingerprint density at radius 2 is 2.07 bits per heavy atom. The van der Waals surface area contributed by atoms with Crippen LogP contribution in [0, 0.1) is 0 Å². The molecule has 3 aromatic rings. The summed E-state index contributed by atoms with van der Waals surface area (Å²) in [6, 6.07) is 7.53. The third kappa shape index (κ3) is 4.46. The molecule has 0 aliphatic rings. The Balaban J connectivity index is 1.71. The van der Waals surface area contributed by atoms with Gasteiger partial charge in [0.15, 0.2) is 0 Å². The molecule has 10 heteroatoms. The molecule has 0 aliphatic heterocycles. The van der Waals surface area contributed by atoms with E-state index in [-0.39, 0.29) is 12.3 Å². The number of aromatic nitrogens is 2. The van der Waals surface area contributed by atoms with Crippen molar-refractivity contribution in [3.8, 4) is 0 Å². The molecule has 28 heavy (non-hydrogen) atoms.